The normalized spacial score (nSPS) is 10.0. The molecule has 0 bridgehead atoms. The average molecular weight is 237 g/mol. The zero-order valence-corrected chi connectivity index (χ0v) is 8.51. The lowest BCUT2D eigenvalue weighted by Gasteiger charge is -2.07. The summed E-state index contributed by atoms with van der Waals surface area (Å²) in [7, 11) is 0. The van der Waals surface area contributed by atoms with Gasteiger partial charge in [0.15, 0.2) is 6.29 Å². The molecule has 0 aliphatic heterocycles. The van der Waals surface area contributed by atoms with Gasteiger partial charge in [-0.15, -0.1) is 0 Å². The second-order valence-corrected chi connectivity index (χ2v) is 3.05. The summed E-state index contributed by atoms with van der Waals surface area (Å²) in [6.07, 6.45) is -4.15. The van der Waals surface area contributed by atoms with Crippen LogP contribution in [-0.4, -0.2) is 6.29 Å². The minimum absolute atomic E-state index is 0.0231. The highest BCUT2D eigenvalue weighted by molar-refractivity contribution is 5.79. The van der Waals surface area contributed by atoms with Crippen molar-refractivity contribution in [3.8, 4) is 17.9 Å². The fourth-order valence-electron chi connectivity index (χ4n) is 1.12. The Bertz CT molecular complexity index is 529. The van der Waals surface area contributed by atoms with Crippen LogP contribution in [0.1, 0.15) is 27.9 Å². The Labute approximate surface area is 95.7 Å². The zero-order valence-electron chi connectivity index (χ0n) is 8.51. The van der Waals surface area contributed by atoms with E-state index in [-0.39, 0.29) is 17.5 Å². The van der Waals surface area contributed by atoms with Gasteiger partial charge in [-0.2, -0.15) is 18.4 Å². The van der Waals surface area contributed by atoms with Crippen LogP contribution in [0.15, 0.2) is 18.2 Å². The van der Waals surface area contributed by atoms with E-state index in [2.05, 4.69) is 11.8 Å². The van der Waals surface area contributed by atoms with E-state index in [1.807, 2.05) is 0 Å². The van der Waals surface area contributed by atoms with Crippen molar-refractivity contribution < 1.29 is 18.0 Å². The molecule has 5 heteroatoms. The van der Waals surface area contributed by atoms with Crippen LogP contribution in [-0.2, 0) is 6.18 Å². The molecular formula is C12H6F3NO. The first kappa shape index (κ1) is 12.8. The van der Waals surface area contributed by atoms with Crippen LogP contribution in [0.3, 0.4) is 0 Å². The maximum absolute atomic E-state index is 12.4. The summed E-state index contributed by atoms with van der Waals surface area (Å²) >= 11 is 0. The highest BCUT2D eigenvalue weighted by atomic mass is 19.4. The van der Waals surface area contributed by atoms with E-state index in [1.54, 1.807) is 6.07 Å². The lowest BCUT2D eigenvalue weighted by atomic mass is 10.0. The lowest BCUT2D eigenvalue weighted by molar-refractivity contribution is -0.137. The van der Waals surface area contributed by atoms with E-state index in [0.29, 0.717) is 6.29 Å². The molecule has 0 aliphatic rings. The van der Waals surface area contributed by atoms with Crippen LogP contribution < -0.4 is 0 Å². The average Bonchev–Trinajstić information content (AvgIpc) is 2.28. The standard InChI is InChI=1S/C12H6F3NO/c13-12(14,15)11-5-4-10(8-17)9(7-11)3-1-2-6-16/h4-5,7-8H,2H2. The number of carbonyl (C=O) groups is 1. The van der Waals surface area contributed by atoms with Gasteiger partial charge in [0.25, 0.3) is 0 Å². The van der Waals surface area contributed by atoms with Crippen LogP contribution in [0, 0.1) is 23.2 Å². The fourth-order valence-corrected chi connectivity index (χ4v) is 1.12. The highest BCUT2D eigenvalue weighted by Gasteiger charge is 2.30. The molecule has 1 rings (SSSR count). The first-order valence-corrected chi connectivity index (χ1v) is 4.51. The molecule has 2 nitrogen and oxygen atoms in total. The smallest absolute Gasteiger partial charge is 0.298 e. The monoisotopic (exact) mass is 237 g/mol. The second kappa shape index (κ2) is 5.18. The topological polar surface area (TPSA) is 40.9 Å². The van der Waals surface area contributed by atoms with Gasteiger partial charge in [0.2, 0.25) is 0 Å². The van der Waals surface area contributed by atoms with Gasteiger partial charge >= 0.3 is 6.18 Å². The molecule has 0 aliphatic carbocycles. The Kier molecular flexibility index (Phi) is 3.90. The number of aldehydes is 1. The summed E-state index contributed by atoms with van der Waals surface area (Å²) in [5.41, 5.74) is -0.821. The predicted molar refractivity (Wildman–Crippen MR) is 53.9 cm³/mol. The molecule has 0 aromatic heterocycles. The lowest BCUT2D eigenvalue weighted by Crippen LogP contribution is -2.05. The van der Waals surface area contributed by atoms with E-state index in [4.69, 9.17) is 5.26 Å². The van der Waals surface area contributed by atoms with Crippen molar-refractivity contribution in [2.24, 2.45) is 0 Å². The quantitative estimate of drug-likeness (QED) is 0.556. The van der Waals surface area contributed by atoms with Crippen LogP contribution >= 0.6 is 0 Å². The third kappa shape index (κ3) is 3.35. The van der Waals surface area contributed by atoms with Gasteiger partial charge < -0.3 is 0 Å². The van der Waals surface area contributed by atoms with Crippen molar-refractivity contribution >= 4 is 6.29 Å². The van der Waals surface area contributed by atoms with E-state index in [9.17, 15) is 18.0 Å². The van der Waals surface area contributed by atoms with Crippen molar-refractivity contribution in [2.75, 3.05) is 0 Å². The van der Waals surface area contributed by atoms with Crippen LogP contribution in [0.2, 0.25) is 0 Å². The Hall–Kier alpha value is -2.27. The van der Waals surface area contributed by atoms with Gasteiger partial charge in [0, 0.05) is 11.1 Å². The molecule has 1 aromatic rings. The number of nitriles is 1. The Morgan fingerprint density at radius 2 is 2.06 bits per heavy atom. The van der Waals surface area contributed by atoms with Gasteiger partial charge in [-0.05, 0) is 18.2 Å². The molecule has 0 fully saturated rings. The molecule has 0 N–H and O–H groups in total. The van der Waals surface area contributed by atoms with Gasteiger partial charge in [-0.3, -0.25) is 4.79 Å². The Balaban J connectivity index is 3.23. The number of benzene rings is 1. The summed E-state index contributed by atoms with van der Waals surface area (Å²) < 4.78 is 37.2. The summed E-state index contributed by atoms with van der Waals surface area (Å²) in [6.45, 7) is 0. The second-order valence-electron chi connectivity index (χ2n) is 3.05. The zero-order chi connectivity index (χ0) is 12.9. The molecule has 0 saturated carbocycles. The molecule has 0 spiro atoms. The SMILES string of the molecule is N#CCC#Cc1cc(C(F)(F)F)ccc1C=O. The van der Waals surface area contributed by atoms with Gasteiger partial charge in [-0.25, -0.2) is 0 Å². The molecule has 0 radical (unpaired) electrons. The Morgan fingerprint density at radius 3 is 2.59 bits per heavy atom. The first-order valence-electron chi connectivity index (χ1n) is 4.51. The largest absolute Gasteiger partial charge is 0.416 e. The van der Waals surface area contributed by atoms with E-state index >= 15 is 0 Å². The van der Waals surface area contributed by atoms with Crippen molar-refractivity contribution in [1.29, 1.82) is 5.26 Å². The predicted octanol–water partition coefficient (Wildman–Crippen LogP) is 2.78. The number of hydrogen-bond donors (Lipinski definition) is 0. The van der Waals surface area contributed by atoms with Crippen molar-refractivity contribution in [3.63, 3.8) is 0 Å². The number of nitrogens with zero attached hydrogens (tertiary/aromatic N) is 1. The van der Waals surface area contributed by atoms with E-state index in [1.165, 1.54) is 0 Å². The van der Waals surface area contributed by atoms with Crippen LogP contribution in [0.25, 0.3) is 0 Å². The van der Waals surface area contributed by atoms with Gasteiger partial charge in [0.05, 0.1) is 18.1 Å². The van der Waals surface area contributed by atoms with Crippen molar-refractivity contribution in [2.45, 2.75) is 12.6 Å². The molecular weight excluding hydrogens is 231 g/mol. The van der Waals surface area contributed by atoms with Gasteiger partial charge in [0.1, 0.15) is 0 Å². The number of carbonyl (C=O) groups excluding carboxylic acids is 1. The molecule has 0 amide bonds. The molecule has 1 aromatic carbocycles. The summed E-state index contributed by atoms with van der Waals surface area (Å²) in [4.78, 5) is 10.6. The maximum Gasteiger partial charge on any atom is 0.416 e. The molecule has 86 valence electrons. The van der Waals surface area contributed by atoms with Crippen molar-refractivity contribution in [3.05, 3.63) is 34.9 Å². The highest BCUT2D eigenvalue weighted by Crippen LogP contribution is 2.30. The maximum atomic E-state index is 12.4. The van der Waals surface area contributed by atoms with Crippen molar-refractivity contribution in [1.82, 2.24) is 0 Å². The molecule has 0 atom stereocenters. The number of halogens is 3. The third-order valence-corrected chi connectivity index (χ3v) is 1.90. The summed E-state index contributed by atoms with van der Waals surface area (Å²) in [5.74, 6) is 4.74. The third-order valence-electron chi connectivity index (χ3n) is 1.90. The first-order chi connectivity index (χ1) is 7.99. The summed E-state index contributed by atoms with van der Waals surface area (Å²) in [6, 6.07) is 4.42. The van der Waals surface area contributed by atoms with E-state index < -0.39 is 11.7 Å². The van der Waals surface area contributed by atoms with Crippen LogP contribution in [0.4, 0.5) is 13.2 Å². The molecule has 0 saturated heterocycles. The fraction of sp³-hybridized carbons (Fsp3) is 0.167. The summed E-state index contributed by atoms with van der Waals surface area (Å²) in [5, 5.41) is 8.25. The van der Waals surface area contributed by atoms with Crippen LogP contribution in [0.5, 0.6) is 0 Å². The number of alkyl halides is 3. The number of hydrogen-bond acceptors (Lipinski definition) is 2. The Morgan fingerprint density at radius 1 is 1.35 bits per heavy atom. The molecule has 0 unspecified atom stereocenters. The minimum Gasteiger partial charge on any atom is -0.298 e. The molecule has 17 heavy (non-hydrogen) atoms. The number of rotatable bonds is 1. The molecule has 0 heterocycles. The minimum atomic E-state index is -4.48. The van der Waals surface area contributed by atoms with E-state index in [0.717, 1.165) is 18.2 Å². The van der Waals surface area contributed by atoms with Gasteiger partial charge in [-0.1, -0.05) is 11.8 Å².